The highest BCUT2D eigenvalue weighted by atomic mass is 32.1. The van der Waals surface area contributed by atoms with E-state index >= 15 is 0 Å². The van der Waals surface area contributed by atoms with Crippen LogP contribution in [0, 0.1) is 0 Å². The Hall–Kier alpha value is -1.81. The number of carbonyl (C=O) groups is 1. The van der Waals surface area contributed by atoms with Gasteiger partial charge in [0.15, 0.2) is 5.82 Å². The number of hydrogen-bond acceptors (Lipinski definition) is 8. The Bertz CT molecular complexity index is 660. The number of carbonyl (C=O) groups excluding carboxylic acids is 1. The van der Waals surface area contributed by atoms with Crippen molar-refractivity contribution in [3.63, 3.8) is 0 Å². The number of fused-ring (bicyclic) bond motifs is 1. The monoisotopic (exact) mass is 308 g/mol. The minimum absolute atomic E-state index is 0.304. The standard InChI is InChI=1S/C12H16N6O2S/c13-10(19)8-6-20-3-2-18(8)5-9-15-11(17-14)7-1-4-21-12(7)16-9/h1,4,8H,2-3,5-6,14H2,(H2,13,19)(H,15,16,17). The Morgan fingerprint density at radius 1 is 1.57 bits per heavy atom. The van der Waals surface area contributed by atoms with Crippen LogP contribution in [0.1, 0.15) is 5.82 Å². The van der Waals surface area contributed by atoms with Crippen molar-refractivity contribution in [2.24, 2.45) is 11.6 Å². The second-order valence-electron chi connectivity index (χ2n) is 4.74. The molecule has 1 fully saturated rings. The topological polar surface area (TPSA) is 119 Å². The van der Waals surface area contributed by atoms with Crippen LogP contribution in [0.25, 0.3) is 10.2 Å². The molecule has 0 saturated carbocycles. The van der Waals surface area contributed by atoms with Crippen LogP contribution in [-0.4, -0.2) is 46.6 Å². The van der Waals surface area contributed by atoms with Crippen LogP contribution in [0.5, 0.6) is 0 Å². The van der Waals surface area contributed by atoms with Crippen LogP contribution in [0.4, 0.5) is 5.82 Å². The van der Waals surface area contributed by atoms with Crippen LogP contribution in [0.3, 0.4) is 0 Å². The maximum atomic E-state index is 11.5. The number of amides is 1. The normalized spacial score (nSPS) is 19.8. The first-order valence-corrected chi connectivity index (χ1v) is 7.39. The molecular weight excluding hydrogens is 292 g/mol. The van der Waals surface area contributed by atoms with Crippen LogP contribution < -0.4 is 17.0 Å². The van der Waals surface area contributed by atoms with Gasteiger partial charge in [0.2, 0.25) is 5.91 Å². The Labute approximate surface area is 125 Å². The number of hydrazine groups is 1. The van der Waals surface area contributed by atoms with Crippen molar-refractivity contribution < 1.29 is 9.53 Å². The summed E-state index contributed by atoms with van der Waals surface area (Å²) in [6, 6.07) is 1.47. The zero-order chi connectivity index (χ0) is 14.8. The van der Waals surface area contributed by atoms with E-state index < -0.39 is 11.9 Å². The van der Waals surface area contributed by atoms with E-state index in [1.165, 1.54) is 11.3 Å². The van der Waals surface area contributed by atoms with Crippen molar-refractivity contribution in [2.75, 3.05) is 25.2 Å². The van der Waals surface area contributed by atoms with Gasteiger partial charge in [-0.3, -0.25) is 9.69 Å². The number of aromatic nitrogens is 2. The van der Waals surface area contributed by atoms with Crippen LogP contribution in [0.15, 0.2) is 11.4 Å². The largest absolute Gasteiger partial charge is 0.378 e. The van der Waals surface area contributed by atoms with E-state index in [0.717, 1.165) is 10.2 Å². The number of thiophene rings is 1. The van der Waals surface area contributed by atoms with Gasteiger partial charge in [-0.15, -0.1) is 11.3 Å². The number of rotatable bonds is 4. The van der Waals surface area contributed by atoms with Gasteiger partial charge in [-0.05, 0) is 11.4 Å². The molecule has 0 bridgehead atoms. The molecule has 1 aliphatic heterocycles. The highest BCUT2D eigenvalue weighted by Crippen LogP contribution is 2.25. The summed E-state index contributed by atoms with van der Waals surface area (Å²) in [6.07, 6.45) is 0. The molecule has 1 aliphatic rings. The van der Waals surface area contributed by atoms with Gasteiger partial charge in [0.05, 0.1) is 25.1 Å². The van der Waals surface area contributed by atoms with Crippen LogP contribution >= 0.6 is 11.3 Å². The van der Waals surface area contributed by atoms with Gasteiger partial charge in [0.25, 0.3) is 0 Å². The lowest BCUT2D eigenvalue weighted by Crippen LogP contribution is -2.52. The number of nitrogens with two attached hydrogens (primary N) is 2. The molecule has 3 rings (SSSR count). The molecule has 1 atom stereocenters. The van der Waals surface area contributed by atoms with Gasteiger partial charge in [0, 0.05) is 6.54 Å². The summed E-state index contributed by atoms with van der Waals surface area (Å²) in [4.78, 5) is 23.2. The van der Waals surface area contributed by atoms with E-state index in [9.17, 15) is 4.79 Å². The molecule has 112 valence electrons. The highest BCUT2D eigenvalue weighted by Gasteiger charge is 2.28. The van der Waals surface area contributed by atoms with Gasteiger partial charge in [-0.2, -0.15) is 0 Å². The third-order valence-electron chi connectivity index (χ3n) is 3.42. The molecule has 1 unspecified atom stereocenters. The molecule has 3 heterocycles. The third kappa shape index (κ3) is 2.81. The number of nitrogens with zero attached hydrogens (tertiary/aromatic N) is 3. The summed E-state index contributed by atoms with van der Waals surface area (Å²) >= 11 is 1.52. The second-order valence-corrected chi connectivity index (χ2v) is 5.63. The lowest BCUT2D eigenvalue weighted by molar-refractivity contribution is -0.129. The number of primary amides is 1. The average molecular weight is 308 g/mol. The fourth-order valence-corrected chi connectivity index (χ4v) is 3.13. The summed E-state index contributed by atoms with van der Waals surface area (Å²) in [5, 5.41) is 2.82. The van der Waals surface area contributed by atoms with E-state index in [2.05, 4.69) is 15.4 Å². The number of hydrogen-bond donors (Lipinski definition) is 3. The SMILES string of the molecule is NNc1nc(CN2CCOCC2C(N)=O)nc2sccc12. The fraction of sp³-hybridized carbons (Fsp3) is 0.417. The predicted molar refractivity (Wildman–Crippen MR) is 79.4 cm³/mol. The van der Waals surface area contributed by atoms with Gasteiger partial charge in [-0.25, -0.2) is 15.8 Å². The maximum absolute atomic E-state index is 11.5. The minimum Gasteiger partial charge on any atom is -0.378 e. The van der Waals surface area contributed by atoms with E-state index in [1.807, 2.05) is 16.3 Å². The average Bonchev–Trinajstić information content (AvgIpc) is 2.95. The number of anilines is 1. The molecule has 0 radical (unpaired) electrons. The second kappa shape index (κ2) is 5.90. The van der Waals surface area contributed by atoms with Crippen molar-refractivity contribution in [1.82, 2.24) is 14.9 Å². The quantitative estimate of drug-likeness (QED) is 0.522. The van der Waals surface area contributed by atoms with E-state index in [0.29, 0.717) is 37.9 Å². The van der Waals surface area contributed by atoms with Crippen molar-refractivity contribution in [2.45, 2.75) is 12.6 Å². The van der Waals surface area contributed by atoms with Gasteiger partial charge in [-0.1, -0.05) is 0 Å². The summed E-state index contributed by atoms with van der Waals surface area (Å²) in [6.45, 7) is 1.91. The van der Waals surface area contributed by atoms with Gasteiger partial charge in [0.1, 0.15) is 16.7 Å². The molecule has 0 spiro atoms. The van der Waals surface area contributed by atoms with Crippen molar-refractivity contribution in [3.8, 4) is 0 Å². The summed E-state index contributed by atoms with van der Waals surface area (Å²) in [7, 11) is 0. The summed E-state index contributed by atoms with van der Waals surface area (Å²) in [5.41, 5.74) is 8.00. The number of morpholine rings is 1. The highest BCUT2D eigenvalue weighted by molar-refractivity contribution is 7.16. The molecule has 2 aromatic heterocycles. The Morgan fingerprint density at radius 2 is 2.43 bits per heavy atom. The maximum Gasteiger partial charge on any atom is 0.237 e. The molecule has 1 amide bonds. The van der Waals surface area contributed by atoms with Gasteiger partial charge >= 0.3 is 0 Å². The molecule has 21 heavy (non-hydrogen) atoms. The van der Waals surface area contributed by atoms with Crippen molar-refractivity contribution in [1.29, 1.82) is 0 Å². The van der Waals surface area contributed by atoms with E-state index in [4.69, 9.17) is 16.3 Å². The number of nitrogen functional groups attached to an aromatic ring is 1. The third-order valence-corrected chi connectivity index (χ3v) is 4.23. The molecule has 5 N–H and O–H groups in total. The smallest absolute Gasteiger partial charge is 0.237 e. The molecule has 0 aromatic carbocycles. The summed E-state index contributed by atoms with van der Waals surface area (Å²) in [5.74, 6) is 6.30. The van der Waals surface area contributed by atoms with Crippen molar-refractivity contribution in [3.05, 3.63) is 17.3 Å². The Kier molecular flexibility index (Phi) is 3.97. The molecule has 2 aromatic rings. The van der Waals surface area contributed by atoms with Crippen LogP contribution in [0.2, 0.25) is 0 Å². The minimum atomic E-state index is -0.448. The first-order chi connectivity index (χ1) is 10.2. The van der Waals surface area contributed by atoms with E-state index in [-0.39, 0.29) is 0 Å². The molecular formula is C12H16N6O2S. The molecule has 9 heteroatoms. The fourth-order valence-electron chi connectivity index (χ4n) is 2.35. The van der Waals surface area contributed by atoms with Gasteiger partial charge < -0.3 is 15.9 Å². The molecule has 8 nitrogen and oxygen atoms in total. The molecule has 0 aliphatic carbocycles. The van der Waals surface area contributed by atoms with Crippen molar-refractivity contribution >= 4 is 33.3 Å². The Morgan fingerprint density at radius 3 is 3.19 bits per heavy atom. The van der Waals surface area contributed by atoms with Crippen LogP contribution in [-0.2, 0) is 16.1 Å². The lowest BCUT2D eigenvalue weighted by atomic mass is 10.2. The van der Waals surface area contributed by atoms with E-state index in [1.54, 1.807) is 0 Å². The predicted octanol–water partition coefficient (Wildman–Crippen LogP) is -0.337. The first-order valence-electron chi connectivity index (χ1n) is 6.51. The molecule has 1 saturated heterocycles. The zero-order valence-electron chi connectivity index (χ0n) is 11.3. The first kappa shape index (κ1) is 14.1. The lowest BCUT2D eigenvalue weighted by Gasteiger charge is -2.32. The number of ether oxygens (including phenoxy) is 1. The Balaban J connectivity index is 1.88. The summed E-state index contributed by atoms with van der Waals surface area (Å²) < 4.78 is 5.30. The zero-order valence-corrected chi connectivity index (χ0v) is 12.1. The number of nitrogens with one attached hydrogen (secondary N) is 1.